The van der Waals surface area contributed by atoms with E-state index in [4.69, 9.17) is 10.9 Å². The maximum absolute atomic E-state index is 12.2. The van der Waals surface area contributed by atoms with Crippen LogP contribution in [0.2, 0.25) is 0 Å². The highest BCUT2D eigenvalue weighted by molar-refractivity contribution is 7.89. The van der Waals surface area contributed by atoms with Crippen molar-refractivity contribution in [2.75, 3.05) is 13.1 Å². The molecule has 0 unspecified atom stereocenters. The molecule has 1 fully saturated rings. The molecule has 1 saturated heterocycles. The predicted octanol–water partition coefficient (Wildman–Crippen LogP) is -0.00950. The zero-order chi connectivity index (χ0) is 17.0. The number of hydrogen-bond acceptors (Lipinski definition) is 4. The Labute approximate surface area is 135 Å². The van der Waals surface area contributed by atoms with Gasteiger partial charge in [0.25, 0.3) is 0 Å². The van der Waals surface area contributed by atoms with Crippen LogP contribution in [0.15, 0.2) is 29.2 Å². The number of carbonyl (C=O) groups excluding carboxylic acids is 2. The molecule has 1 aliphatic rings. The number of primary amides is 1. The largest absolute Gasteiger partial charge is 0.369 e. The fourth-order valence-electron chi connectivity index (χ4n) is 2.67. The number of carbonyl (C=O) groups is 2. The van der Waals surface area contributed by atoms with Crippen LogP contribution in [0.1, 0.15) is 24.8 Å². The van der Waals surface area contributed by atoms with Crippen molar-refractivity contribution in [1.82, 2.24) is 4.90 Å². The molecule has 0 aliphatic carbocycles. The van der Waals surface area contributed by atoms with Crippen LogP contribution in [-0.4, -0.2) is 38.2 Å². The summed E-state index contributed by atoms with van der Waals surface area (Å²) >= 11 is 0. The van der Waals surface area contributed by atoms with Crippen molar-refractivity contribution in [3.05, 3.63) is 29.8 Å². The third-order valence-electron chi connectivity index (χ3n) is 4.13. The quantitative estimate of drug-likeness (QED) is 0.783. The van der Waals surface area contributed by atoms with E-state index in [1.165, 1.54) is 12.1 Å². The van der Waals surface area contributed by atoms with Crippen LogP contribution in [0.3, 0.4) is 0 Å². The number of rotatable bonds is 5. The summed E-state index contributed by atoms with van der Waals surface area (Å²) in [7, 11) is -3.69. The monoisotopic (exact) mass is 339 g/mol. The van der Waals surface area contributed by atoms with Crippen LogP contribution in [0.5, 0.6) is 0 Å². The third kappa shape index (κ3) is 4.77. The molecular formula is C15H21N3O4S. The second-order valence-electron chi connectivity index (χ2n) is 5.75. The molecule has 0 atom stereocenters. The SMILES string of the molecule is NC(=O)C1CCN(C(=O)CCc2ccc(S(N)(=O)=O)cc2)CC1. The van der Waals surface area contributed by atoms with Crippen molar-refractivity contribution in [1.29, 1.82) is 0 Å². The summed E-state index contributed by atoms with van der Waals surface area (Å²) in [4.78, 5) is 25.1. The van der Waals surface area contributed by atoms with Gasteiger partial charge in [0.05, 0.1) is 4.90 Å². The average Bonchev–Trinajstić information content (AvgIpc) is 2.52. The van der Waals surface area contributed by atoms with Gasteiger partial charge in [-0.1, -0.05) is 12.1 Å². The highest BCUT2D eigenvalue weighted by atomic mass is 32.2. The van der Waals surface area contributed by atoms with Crippen LogP contribution >= 0.6 is 0 Å². The van der Waals surface area contributed by atoms with E-state index in [0.29, 0.717) is 38.8 Å². The number of nitrogens with zero attached hydrogens (tertiary/aromatic N) is 1. The molecule has 126 valence electrons. The van der Waals surface area contributed by atoms with E-state index < -0.39 is 10.0 Å². The number of likely N-dealkylation sites (tertiary alicyclic amines) is 1. The Hall–Kier alpha value is -1.93. The molecule has 0 radical (unpaired) electrons. The maximum Gasteiger partial charge on any atom is 0.238 e. The van der Waals surface area contributed by atoms with Crippen molar-refractivity contribution in [2.24, 2.45) is 16.8 Å². The van der Waals surface area contributed by atoms with Gasteiger partial charge in [-0.15, -0.1) is 0 Å². The van der Waals surface area contributed by atoms with Gasteiger partial charge in [0, 0.05) is 25.4 Å². The van der Waals surface area contributed by atoms with Gasteiger partial charge in [0.2, 0.25) is 21.8 Å². The molecule has 1 aromatic rings. The van der Waals surface area contributed by atoms with Crippen molar-refractivity contribution in [3.8, 4) is 0 Å². The third-order valence-corrected chi connectivity index (χ3v) is 5.06. The van der Waals surface area contributed by atoms with Gasteiger partial charge in [-0.2, -0.15) is 0 Å². The van der Waals surface area contributed by atoms with E-state index in [2.05, 4.69) is 0 Å². The number of primary sulfonamides is 1. The summed E-state index contributed by atoms with van der Waals surface area (Å²) in [5, 5.41) is 5.04. The normalized spacial score (nSPS) is 16.3. The fraction of sp³-hybridized carbons (Fsp3) is 0.467. The van der Waals surface area contributed by atoms with Gasteiger partial charge in [-0.05, 0) is 37.0 Å². The molecule has 8 heteroatoms. The average molecular weight is 339 g/mol. The minimum Gasteiger partial charge on any atom is -0.369 e. The molecule has 0 aromatic heterocycles. The first-order chi connectivity index (χ1) is 10.8. The Morgan fingerprint density at radius 1 is 1.13 bits per heavy atom. The first-order valence-electron chi connectivity index (χ1n) is 7.46. The van der Waals surface area contributed by atoms with E-state index >= 15 is 0 Å². The number of nitrogens with two attached hydrogens (primary N) is 2. The molecule has 0 spiro atoms. The highest BCUT2D eigenvalue weighted by Gasteiger charge is 2.25. The van der Waals surface area contributed by atoms with E-state index in [1.54, 1.807) is 17.0 Å². The highest BCUT2D eigenvalue weighted by Crippen LogP contribution is 2.18. The van der Waals surface area contributed by atoms with Crippen LogP contribution in [-0.2, 0) is 26.0 Å². The maximum atomic E-state index is 12.2. The number of sulfonamides is 1. The van der Waals surface area contributed by atoms with E-state index in [9.17, 15) is 18.0 Å². The minimum absolute atomic E-state index is 0.0310. The van der Waals surface area contributed by atoms with Gasteiger partial charge >= 0.3 is 0 Å². The molecule has 1 heterocycles. The number of amides is 2. The predicted molar refractivity (Wildman–Crippen MR) is 84.6 cm³/mol. The number of hydrogen-bond donors (Lipinski definition) is 2. The van der Waals surface area contributed by atoms with Crippen molar-refractivity contribution < 1.29 is 18.0 Å². The van der Waals surface area contributed by atoms with Gasteiger partial charge in [0.15, 0.2) is 0 Å². The van der Waals surface area contributed by atoms with Crippen molar-refractivity contribution in [3.63, 3.8) is 0 Å². The smallest absolute Gasteiger partial charge is 0.238 e. The second-order valence-corrected chi connectivity index (χ2v) is 7.31. The molecular weight excluding hydrogens is 318 g/mol. The topological polar surface area (TPSA) is 124 Å². The van der Waals surface area contributed by atoms with Gasteiger partial charge in [-0.25, -0.2) is 13.6 Å². The molecule has 1 aliphatic heterocycles. The van der Waals surface area contributed by atoms with Crippen LogP contribution in [0, 0.1) is 5.92 Å². The number of benzene rings is 1. The zero-order valence-corrected chi connectivity index (χ0v) is 13.6. The lowest BCUT2D eigenvalue weighted by Gasteiger charge is -2.30. The second kappa shape index (κ2) is 7.10. The van der Waals surface area contributed by atoms with Crippen LogP contribution < -0.4 is 10.9 Å². The Kier molecular flexibility index (Phi) is 5.38. The Morgan fingerprint density at radius 2 is 1.70 bits per heavy atom. The first-order valence-corrected chi connectivity index (χ1v) is 9.01. The summed E-state index contributed by atoms with van der Waals surface area (Å²) in [6.45, 7) is 1.10. The van der Waals surface area contributed by atoms with Gasteiger partial charge < -0.3 is 10.6 Å². The van der Waals surface area contributed by atoms with E-state index in [1.807, 2.05) is 0 Å². The molecule has 4 N–H and O–H groups in total. The van der Waals surface area contributed by atoms with Crippen LogP contribution in [0.4, 0.5) is 0 Å². The molecule has 2 amide bonds. The molecule has 7 nitrogen and oxygen atoms in total. The van der Waals surface area contributed by atoms with Crippen LogP contribution in [0.25, 0.3) is 0 Å². The molecule has 0 saturated carbocycles. The Morgan fingerprint density at radius 3 is 2.17 bits per heavy atom. The summed E-state index contributed by atoms with van der Waals surface area (Å²) in [6, 6.07) is 6.19. The number of piperidine rings is 1. The lowest BCUT2D eigenvalue weighted by atomic mass is 9.96. The van der Waals surface area contributed by atoms with Gasteiger partial charge in [0.1, 0.15) is 0 Å². The summed E-state index contributed by atoms with van der Waals surface area (Å²) in [6.07, 6.45) is 2.10. The lowest BCUT2D eigenvalue weighted by molar-refractivity contribution is -0.134. The first kappa shape index (κ1) is 17.4. The fourth-order valence-corrected chi connectivity index (χ4v) is 3.18. The molecule has 1 aromatic carbocycles. The van der Waals surface area contributed by atoms with Crippen molar-refractivity contribution in [2.45, 2.75) is 30.6 Å². The lowest BCUT2D eigenvalue weighted by Crippen LogP contribution is -2.41. The zero-order valence-electron chi connectivity index (χ0n) is 12.8. The summed E-state index contributed by atoms with van der Waals surface area (Å²) in [5.41, 5.74) is 6.14. The van der Waals surface area contributed by atoms with E-state index in [-0.39, 0.29) is 22.6 Å². The van der Waals surface area contributed by atoms with Crippen molar-refractivity contribution >= 4 is 21.8 Å². The molecule has 0 bridgehead atoms. The Bertz CT molecular complexity index is 677. The standard InChI is InChI=1S/C15H21N3O4S/c16-15(20)12-7-9-18(10-8-12)14(19)6-3-11-1-4-13(5-2-11)23(17,21)22/h1-2,4-5,12H,3,6-10H2,(H2,16,20)(H2,17,21,22). The Balaban J connectivity index is 1.84. The molecule has 2 rings (SSSR count). The minimum atomic E-state index is -3.69. The molecule has 23 heavy (non-hydrogen) atoms. The van der Waals surface area contributed by atoms with Gasteiger partial charge in [-0.3, -0.25) is 9.59 Å². The summed E-state index contributed by atoms with van der Waals surface area (Å²) in [5.74, 6) is -0.403. The number of aryl methyl sites for hydroxylation is 1. The summed E-state index contributed by atoms with van der Waals surface area (Å²) < 4.78 is 22.4. The van der Waals surface area contributed by atoms with E-state index in [0.717, 1.165) is 5.56 Å².